The molecule has 16 aromatic carbocycles. The van der Waals surface area contributed by atoms with E-state index >= 15 is 0 Å². The summed E-state index contributed by atoms with van der Waals surface area (Å²) in [5.41, 5.74) is 25.4. The Balaban J connectivity index is 0.000000128. The predicted octanol–water partition coefficient (Wildman–Crippen LogP) is 27.5. The summed E-state index contributed by atoms with van der Waals surface area (Å²) in [6.07, 6.45) is 4.31. The third-order valence-corrected chi connectivity index (χ3v) is 22.0. The van der Waals surface area contributed by atoms with Gasteiger partial charge in [0.2, 0.25) is 0 Å². The summed E-state index contributed by atoms with van der Waals surface area (Å²) >= 11 is 3.61. The van der Waals surface area contributed by atoms with E-state index in [1.54, 1.807) is 0 Å². The summed E-state index contributed by atoms with van der Waals surface area (Å²) in [7, 11) is 0. The van der Waals surface area contributed by atoms with Crippen molar-refractivity contribution < 1.29 is 0 Å². The zero-order valence-electron chi connectivity index (χ0n) is 63.3. The van der Waals surface area contributed by atoms with E-state index in [9.17, 15) is 0 Å². The molecule has 0 aliphatic heterocycles. The van der Waals surface area contributed by atoms with Gasteiger partial charge in [-0.15, -0.1) is 0 Å². The molecule has 0 saturated carbocycles. The SMILES string of the molecule is Brc1cc(-c2ccccc2)cc(-c2ccccc2)c1.c1ccc(-c2cc(-c3ccccc3)cc(-n3c4ccccc4c4ccc5c(ccn5-c5cccc(-c6nc(-c7ccccc7)nc(-c7ccccc7)n6)c5)c43)c2)cc1.c1ccc(-c2nc(-c3ccccc3)nc(-c3cccc(-n4ccc5c6[nH]c7ccccc7c6ccc54)c3)n2)cc1. The third-order valence-electron chi connectivity index (χ3n) is 21.5. The lowest BCUT2D eigenvalue weighted by atomic mass is 9.98. The van der Waals surface area contributed by atoms with E-state index in [1.807, 2.05) is 133 Å². The first-order chi connectivity index (χ1) is 57.9. The molecule has 22 aromatic rings. The van der Waals surface area contributed by atoms with Crippen molar-refractivity contribution in [3.8, 4) is 130 Å². The molecule has 552 valence electrons. The number of hydrogen-bond acceptors (Lipinski definition) is 6. The molecule has 1 N–H and O–H groups in total. The fraction of sp³-hybridized carbons (Fsp3) is 0. The van der Waals surface area contributed by atoms with Gasteiger partial charge in [0.15, 0.2) is 34.9 Å². The quantitative estimate of drug-likeness (QED) is 0.123. The van der Waals surface area contributed by atoms with Gasteiger partial charge in [-0.2, -0.15) is 0 Å². The highest BCUT2D eigenvalue weighted by Gasteiger charge is 2.22. The van der Waals surface area contributed by atoms with Gasteiger partial charge in [-0.3, -0.25) is 0 Å². The number of nitrogens with one attached hydrogen (secondary N) is 1. The maximum absolute atomic E-state index is 5.02. The van der Waals surface area contributed by atoms with Gasteiger partial charge in [-0.25, -0.2) is 29.9 Å². The Morgan fingerprint density at radius 1 is 0.205 bits per heavy atom. The Bertz CT molecular complexity index is 7120. The number of benzene rings is 16. The van der Waals surface area contributed by atoms with E-state index in [0.717, 1.165) is 77.0 Å². The van der Waals surface area contributed by atoms with Gasteiger partial charge in [-0.1, -0.05) is 331 Å². The molecule has 0 radical (unpaired) electrons. The van der Waals surface area contributed by atoms with Crippen molar-refractivity contribution in [2.75, 3.05) is 0 Å². The fourth-order valence-electron chi connectivity index (χ4n) is 15.9. The number of rotatable bonds is 13. The average molecular weight is 1560 g/mol. The van der Waals surface area contributed by atoms with E-state index in [4.69, 9.17) is 29.9 Å². The van der Waals surface area contributed by atoms with Crippen LogP contribution in [0.25, 0.3) is 195 Å². The summed E-state index contributed by atoms with van der Waals surface area (Å²) in [5.74, 6) is 3.86. The molecule has 0 amide bonds. The van der Waals surface area contributed by atoms with Crippen LogP contribution in [0.5, 0.6) is 0 Å². The van der Waals surface area contributed by atoms with E-state index in [1.165, 1.54) is 87.9 Å². The van der Waals surface area contributed by atoms with Gasteiger partial charge >= 0.3 is 0 Å². The first-order valence-corrected chi connectivity index (χ1v) is 39.9. The van der Waals surface area contributed by atoms with E-state index in [2.05, 4.69) is 326 Å². The predicted molar refractivity (Wildman–Crippen MR) is 486 cm³/mol. The molecule has 10 nitrogen and oxygen atoms in total. The molecular formula is C106H71BrN10. The summed E-state index contributed by atoms with van der Waals surface area (Å²) in [6, 6.07) is 144. The smallest absolute Gasteiger partial charge is 0.164 e. The Morgan fingerprint density at radius 3 is 0.957 bits per heavy atom. The second-order valence-corrected chi connectivity index (χ2v) is 29.8. The zero-order chi connectivity index (χ0) is 78.0. The van der Waals surface area contributed by atoms with Crippen molar-refractivity contribution >= 4 is 81.3 Å². The summed E-state index contributed by atoms with van der Waals surface area (Å²) < 4.78 is 8.05. The highest BCUT2D eigenvalue weighted by molar-refractivity contribution is 9.10. The molecule has 6 heterocycles. The van der Waals surface area contributed by atoms with Gasteiger partial charge < -0.3 is 18.7 Å². The van der Waals surface area contributed by atoms with E-state index in [0.29, 0.717) is 34.9 Å². The van der Waals surface area contributed by atoms with Crippen LogP contribution in [0.3, 0.4) is 0 Å². The molecule has 6 aromatic heterocycles. The highest BCUT2D eigenvalue weighted by atomic mass is 79.9. The zero-order valence-corrected chi connectivity index (χ0v) is 64.9. The number of aromatic nitrogens is 10. The minimum absolute atomic E-state index is 0.626. The number of H-pyrrole nitrogens is 1. The molecule has 0 aliphatic carbocycles. The average Bonchev–Trinajstić information content (AvgIpc) is 1.57. The van der Waals surface area contributed by atoms with Crippen LogP contribution in [-0.4, -0.2) is 48.6 Å². The molecule has 0 unspecified atom stereocenters. The number of nitrogens with zero attached hydrogens (tertiary/aromatic N) is 9. The van der Waals surface area contributed by atoms with Crippen LogP contribution in [-0.2, 0) is 0 Å². The normalized spacial score (nSPS) is 11.3. The minimum atomic E-state index is 0.626. The first kappa shape index (κ1) is 70.8. The standard InChI is InChI=1S/C53H35N5.C35H23N5.C18H13Br/c1-5-16-36(17-6-1)41-32-42(37-18-7-2-8-19-37)35-44(34-41)58-49-27-14-13-26-45(49)46-28-29-48-47(50(46)58)30-31-57(48)43-25-15-24-40(33-43)53-55-51(38-20-9-3-10-21-38)54-52(56-53)39-22-11-4-12-23-39;1-3-10-23(11-4-1)33-37-34(24-12-5-2-6-13-24)39-35(38-33)25-14-9-15-26(22-25)40-21-20-29-31(40)19-18-28-27-16-7-8-17-30(27)36-32(28)29;19-18-12-16(14-7-3-1-4-8-14)11-17(13-18)15-9-5-2-6-10-15/h1-35H;1-22,36H;1-13H. The number of halogens is 1. The maximum Gasteiger partial charge on any atom is 0.164 e. The van der Waals surface area contributed by atoms with Gasteiger partial charge in [0.05, 0.1) is 27.6 Å². The van der Waals surface area contributed by atoms with Crippen molar-refractivity contribution in [2.24, 2.45) is 0 Å². The van der Waals surface area contributed by atoms with E-state index < -0.39 is 0 Å². The Hall–Kier alpha value is -15.3. The number of para-hydroxylation sites is 2. The Morgan fingerprint density at radius 2 is 0.530 bits per heavy atom. The highest BCUT2D eigenvalue weighted by Crippen LogP contribution is 2.42. The van der Waals surface area contributed by atoms with E-state index in [-0.39, 0.29) is 0 Å². The summed E-state index contributed by atoms with van der Waals surface area (Å²) in [6.45, 7) is 0. The lowest BCUT2D eigenvalue weighted by Gasteiger charge is -2.15. The summed E-state index contributed by atoms with van der Waals surface area (Å²) in [5, 5.41) is 7.28. The third kappa shape index (κ3) is 14.2. The van der Waals surface area contributed by atoms with Gasteiger partial charge in [0.1, 0.15) is 0 Å². The van der Waals surface area contributed by atoms with Crippen molar-refractivity contribution in [3.63, 3.8) is 0 Å². The first-order valence-electron chi connectivity index (χ1n) is 39.1. The maximum atomic E-state index is 5.02. The molecule has 117 heavy (non-hydrogen) atoms. The fourth-order valence-corrected chi connectivity index (χ4v) is 16.4. The molecule has 0 fully saturated rings. The lowest BCUT2D eigenvalue weighted by molar-refractivity contribution is 1.07. The van der Waals surface area contributed by atoms with Gasteiger partial charge in [0.25, 0.3) is 0 Å². The van der Waals surface area contributed by atoms with Crippen molar-refractivity contribution in [3.05, 3.63) is 429 Å². The van der Waals surface area contributed by atoms with Gasteiger partial charge in [0, 0.05) is 105 Å². The molecule has 0 bridgehead atoms. The molecule has 22 rings (SSSR count). The largest absolute Gasteiger partial charge is 0.354 e. The van der Waals surface area contributed by atoms with Crippen LogP contribution in [0.2, 0.25) is 0 Å². The van der Waals surface area contributed by atoms with Crippen LogP contribution in [0, 0.1) is 0 Å². The number of aromatic amines is 1. The summed E-state index contributed by atoms with van der Waals surface area (Å²) in [4.78, 5) is 33.2. The molecule has 0 aliphatic rings. The van der Waals surface area contributed by atoms with Gasteiger partial charge in [-0.05, 0) is 142 Å². The van der Waals surface area contributed by atoms with Crippen LogP contribution < -0.4 is 0 Å². The number of hydrogen-bond donors (Lipinski definition) is 1. The van der Waals surface area contributed by atoms with Crippen molar-refractivity contribution in [1.29, 1.82) is 0 Å². The topological polar surface area (TPSA) is 108 Å². The molecule has 11 heteroatoms. The molecule has 0 saturated heterocycles. The lowest BCUT2D eigenvalue weighted by Crippen LogP contribution is -2.01. The van der Waals surface area contributed by atoms with Crippen LogP contribution in [0.15, 0.2) is 429 Å². The van der Waals surface area contributed by atoms with Crippen LogP contribution in [0.4, 0.5) is 0 Å². The monoisotopic (exact) mass is 1560 g/mol. The molecule has 0 spiro atoms. The Labute approximate surface area is 684 Å². The van der Waals surface area contributed by atoms with Crippen molar-refractivity contribution in [1.82, 2.24) is 48.6 Å². The molecule has 0 atom stereocenters. The second-order valence-electron chi connectivity index (χ2n) is 28.8. The number of fused-ring (bicyclic) bond motifs is 10. The van der Waals surface area contributed by atoms with Crippen LogP contribution >= 0.6 is 15.9 Å². The Kier molecular flexibility index (Phi) is 19.0. The van der Waals surface area contributed by atoms with Crippen molar-refractivity contribution in [2.45, 2.75) is 0 Å². The van der Waals surface area contributed by atoms with Crippen LogP contribution in [0.1, 0.15) is 0 Å². The second kappa shape index (κ2) is 31.3. The molecular weight excluding hydrogens is 1490 g/mol. The minimum Gasteiger partial charge on any atom is -0.354 e.